The first kappa shape index (κ1) is 13.7. The Kier molecular flexibility index (Phi) is 3.85. The average Bonchev–Trinajstić information content (AvgIpc) is 2.28. The van der Waals surface area contributed by atoms with Crippen LogP contribution in [0.5, 0.6) is 0 Å². The largest absolute Gasteiger partial charge is 0.303 e. The van der Waals surface area contributed by atoms with Crippen LogP contribution in [0.2, 0.25) is 0 Å². The van der Waals surface area contributed by atoms with Crippen LogP contribution in [0.25, 0.3) is 0 Å². The minimum Gasteiger partial charge on any atom is -0.303 e. The SMILES string of the molecule is CC1NC(S)C2C(C)C(C)C(C)C(C)C2C1C. The third-order valence-corrected chi connectivity index (χ3v) is 6.83. The van der Waals surface area contributed by atoms with Crippen molar-refractivity contribution in [3.05, 3.63) is 0 Å². The van der Waals surface area contributed by atoms with Crippen molar-refractivity contribution in [3.63, 3.8) is 0 Å². The lowest BCUT2D eigenvalue weighted by Gasteiger charge is -2.56. The van der Waals surface area contributed by atoms with Gasteiger partial charge in [0.25, 0.3) is 0 Å². The second kappa shape index (κ2) is 4.77. The summed E-state index contributed by atoms with van der Waals surface area (Å²) in [5, 5.41) is 4.07. The van der Waals surface area contributed by atoms with Gasteiger partial charge in [-0.2, -0.15) is 12.6 Å². The van der Waals surface area contributed by atoms with Crippen LogP contribution in [0, 0.1) is 41.4 Å². The summed E-state index contributed by atoms with van der Waals surface area (Å²) in [5.41, 5.74) is 0. The fourth-order valence-electron chi connectivity index (χ4n) is 4.55. The zero-order valence-electron chi connectivity index (χ0n) is 12.1. The van der Waals surface area contributed by atoms with Crippen LogP contribution in [0.15, 0.2) is 0 Å². The highest BCUT2D eigenvalue weighted by Crippen LogP contribution is 2.52. The van der Waals surface area contributed by atoms with Crippen LogP contribution in [-0.4, -0.2) is 11.4 Å². The zero-order chi connectivity index (χ0) is 12.9. The predicted molar refractivity (Wildman–Crippen MR) is 78.2 cm³/mol. The first-order valence-electron chi connectivity index (χ1n) is 7.30. The van der Waals surface area contributed by atoms with Gasteiger partial charge in [0, 0.05) is 6.04 Å². The standard InChI is InChI=1S/C15H29NS/c1-7-8(2)10(4)14-13(9(7)3)11(5)12(6)16-15(14)17/h7-17H,1-6H3. The quantitative estimate of drug-likeness (QED) is 0.630. The Hall–Kier alpha value is 0.310. The molecule has 1 heterocycles. The molecule has 17 heavy (non-hydrogen) atoms. The molecule has 2 fully saturated rings. The monoisotopic (exact) mass is 255 g/mol. The first-order valence-corrected chi connectivity index (χ1v) is 7.82. The molecule has 0 aromatic rings. The summed E-state index contributed by atoms with van der Waals surface area (Å²) in [6, 6.07) is 0.606. The molecule has 0 aromatic heterocycles. The summed E-state index contributed by atoms with van der Waals surface area (Å²) in [6.07, 6.45) is 0. The van der Waals surface area contributed by atoms with Crippen molar-refractivity contribution >= 4 is 12.6 Å². The normalized spacial score (nSPS) is 59.8. The lowest BCUT2D eigenvalue weighted by molar-refractivity contribution is -0.0507. The van der Waals surface area contributed by atoms with Crippen LogP contribution in [0.4, 0.5) is 0 Å². The number of rotatable bonds is 0. The van der Waals surface area contributed by atoms with Crippen LogP contribution in [0.1, 0.15) is 41.5 Å². The van der Waals surface area contributed by atoms with Gasteiger partial charge in [0.1, 0.15) is 0 Å². The molecule has 2 heteroatoms. The molecule has 2 aliphatic rings. The molecule has 1 N–H and O–H groups in total. The topological polar surface area (TPSA) is 12.0 Å². The van der Waals surface area contributed by atoms with Gasteiger partial charge >= 0.3 is 0 Å². The lowest BCUT2D eigenvalue weighted by atomic mass is 9.54. The van der Waals surface area contributed by atoms with E-state index in [-0.39, 0.29) is 0 Å². The maximum atomic E-state index is 4.84. The molecule has 100 valence electrons. The van der Waals surface area contributed by atoms with E-state index in [4.69, 9.17) is 12.6 Å². The number of thiol groups is 1. The third-order valence-electron chi connectivity index (χ3n) is 6.34. The minimum absolute atomic E-state index is 0.388. The van der Waals surface area contributed by atoms with Crippen molar-refractivity contribution in [3.8, 4) is 0 Å². The molecule has 1 nitrogen and oxygen atoms in total. The second-order valence-electron chi connectivity index (χ2n) is 6.85. The van der Waals surface area contributed by atoms with Crippen molar-refractivity contribution in [2.75, 3.05) is 0 Å². The molecular formula is C15H29NS. The summed E-state index contributed by atoms with van der Waals surface area (Å²) in [4.78, 5) is 0. The van der Waals surface area contributed by atoms with Gasteiger partial charge < -0.3 is 5.32 Å². The lowest BCUT2D eigenvalue weighted by Crippen LogP contribution is -2.60. The minimum atomic E-state index is 0.388. The molecule has 0 radical (unpaired) electrons. The summed E-state index contributed by atoms with van der Waals surface area (Å²) in [6.45, 7) is 14.6. The average molecular weight is 255 g/mol. The van der Waals surface area contributed by atoms with Crippen molar-refractivity contribution in [1.29, 1.82) is 0 Å². The molecular weight excluding hydrogens is 226 g/mol. The third kappa shape index (κ3) is 2.06. The van der Waals surface area contributed by atoms with E-state index in [1.807, 2.05) is 0 Å². The molecule has 0 amide bonds. The van der Waals surface area contributed by atoms with Crippen LogP contribution >= 0.6 is 12.6 Å². The molecule has 2 rings (SSSR count). The summed E-state index contributed by atoms with van der Waals surface area (Å²) in [5.74, 6) is 5.65. The number of fused-ring (bicyclic) bond motifs is 1. The Morgan fingerprint density at radius 1 is 0.647 bits per heavy atom. The van der Waals surface area contributed by atoms with Crippen LogP contribution in [0.3, 0.4) is 0 Å². The predicted octanol–water partition coefficient (Wildman–Crippen LogP) is 3.66. The molecule has 1 saturated heterocycles. The van der Waals surface area contributed by atoms with E-state index in [1.54, 1.807) is 0 Å². The highest BCUT2D eigenvalue weighted by Gasteiger charge is 2.50. The molecule has 9 atom stereocenters. The Balaban J connectivity index is 2.31. The molecule has 1 saturated carbocycles. The summed E-state index contributed by atoms with van der Waals surface area (Å²) >= 11 is 4.84. The highest BCUT2D eigenvalue weighted by atomic mass is 32.1. The van der Waals surface area contributed by atoms with Gasteiger partial charge in [0.15, 0.2) is 0 Å². The number of hydrogen-bond donors (Lipinski definition) is 2. The van der Waals surface area contributed by atoms with Gasteiger partial charge in [-0.3, -0.25) is 0 Å². The molecule has 0 spiro atoms. The van der Waals surface area contributed by atoms with E-state index in [1.165, 1.54) is 0 Å². The fraction of sp³-hybridized carbons (Fsp3) is 1.00. The van der Waals surface area contributed by atoms with Gasteiger partial charge in [-0.05, 0) is 48.3 Å². The molecule has 1 aliphatic heterocycles. The Bertz CT molecular complexity index is 280. The van der Waals surface area contributed by atoms with E-state index in [9.17, 15) is 0 Å². The smallest absolute Gasteiger partial charge is 0.0538 e. The van der Waals surface area contributed by atoms with E-state index < -0.39 is 0 Å². The maximum absolute atomic E-state index is 4.84. The molecule has 9 unspecified atom stereocenters. The summed E-state index contributed by atoms with van der Waals surface area (Å²) in [7, 11) is 0. The Morgan fingerprint density at radius 3 is 1.65 bits per heavy atom. The van der Waals surface area contributed by atoms with E-state index in [2.05, 4.69) is 46.9 Å². The zero-order valence-corrected chi connectivity index (χ0v) is 13.0. The number of piperidine rings is 1. The van der Waals surface area contributed by atoms with Crippen molar-refractivity contribution < 1.29 is 0 Å². The Morgan fingerprint density at radius 2 is 1.12 bits per heavy atom. The second-order valence-corrected chi connectivity index (χ2v) is 7.41. The van der Waals surface area contributed by atoms with Crippen molar-refractivity contribution in [1.82, 2.24) is 5.32 Å². The highest BCUT2D eigenvalue weighted by molar-refractivity contribution is 7.80. The molecule has 1 aliphatic carbocycles. The van der Waals surface area contributed by atoms with Crippen molar-refractivity contribution in [2.45, 2.75) is 53.0 Å². The van der Waals surface area contributed by atoms with Gasteiger partial charge in [-0.15, -0.1) is 0 Å². The maximum Gasteiger partial charge on any atom is 0.0538 e. The summed E-state index contributed by atoms with van der Waals surface area (Å²) < 4.78 is 0. The van der Waals surface area contributed by atoms with Gasteiger partial charge in [0.05, 0.1) is 5.37 Å². The van der Waals surface area contributed by atoms with Crippen LogP contribution < -0.4 is 5.32 Å². The Labute approximate surface area is 113 Å². The fourth-order valence-corrected chi connectivity index (χ4v) is 5.26. The van der Waals surface area contributed by atoms with E-state index in [0.717, 1.165) is 41.4 Å². The van der Waals surface area contributed by atoms with E-state index in [0.29, 0.717) is 11.4 Å². The number of nitrogens with one attached hydrogen (secondary N) is 1. The molecule has 0 aromatic carbocycles. The first-order chi connectivity index (χ1) is 7.86. The van der Waals surface area contributed by atoms with E-state index >= 15 is 0 Å². The van der Waals surface area contributed by atoms with Crippen LogP contribution in [-0.2, 0) is 0 Å². The van der Waals surface area contributed by atoms with Crippen molar-refractivity contribution in [2.24, 2.45) is 41.4 Å². The van der Waals surface area contributed by atoms with Gasteiger partial charge in [-0.25, -0.2) is 0 Å². The van der Waals surface area contributed by atoms with Gasteiger partial charge in [0.2, 0.25) is 0 Å². The molecule has 0 bridgehead atoms. The number of hydrogen-bond acceptors (Lipinski definition) is 2. The van der Waals surface area contributed by atoms with Gasteiger partial charge in [-0.1, -0.05) is 34.6 Å².